The highest BCUT2D eigenvalue weighted by molar-refractivity contribution is 5.84. The lowest BCUT2D eigenvalue weighted by Gasteiger charge is -2.73. The van der Waals surface area contributed by atoms with Crippen LogP contribution in [0.1, 0.15) is 158 Å². The van der Waals surface area contributed by atoms with Crippen LogP contribution in [0.3, 0.4) is 0 Å². The first-order valence-electron chi connectivity index (χ1n) is 23.6. The molecule has 1 amide bonds. The first kappa shape index (κ1) is 43.3. The molecule has 9 heteroatoms. The van der Waals surface area contributed by atoms with Crippen LogP contribution in [0, 0.1) is 68.0 Å². The van der Waals surface area contributed by atoms with E-state index in [0.717, 1.165) is 87.2 Å². The molecule has 5 saturated carbocycles. The molecule has 2 heterocycles. The minimum atomic E-state index is -0.472. The number of methoxy groups -OCH3 is 1. The van der Waals surface area contributed by atoms with Gasteiger partial charge in [-0.05, 0) is 159 Å². The molecular formula is C51H75N3O6. The number of esters is 1. The van der Waals surface area contributed by atoms with Gasteiger partial charge in [0.15, 0.2) is 0 Å². The molecule has 1 saturated heterocycles. The van der Waals surface area contributed by atoms with Gasteiger partial charge in [0.2, 0.25) is 5.91 Å². The maximum atomic E-state index is 15.6. The summed E-state index contributed by atoms with van der Waals surface area (Å²) in [5.74, 6) is 5.03. The van der Waals surface area contributed by atoms with E-state index in [4.69, 9.17) is 19.2 Å². The molecule has 5 aliphatic carbocycles. The van der Waals surface area contributed by atoms with Gasteiger partial charge in [0.1, 0.15) is 17.7 Å². The number of carbonyl (C=O) groups excluding carboxylic acids is 3. The highest BCUT2D eigenvalue weighted by Crippen LogP contribution is 2.78. The van der Waals surface area contributed by atoms with Crippen LogP contribution in [0.5, 0.6) is 5.75 Å². The molecule has 9 nitrogen and oxygen atoms in total. The van der Waals surface area contributed by atoms with E-state index in [1.807, 2.05) is 32.2 Å². The van der Waals surface area contributed by atoms with E-state index in [1.54, 1.807) is 7.11 Å². The maximum absolute atomic E-state index is 15.6. The second kappa shape index (κ2) is 15.5. The fraction of sp³-hybridized carbons (Fsp3) is 0.765. The summed E-state index contributed by atoms with van der Waals surface area (Å²) in [5.41, 5.74) is 1.58. The number of fused-ring (bicyclic) bond motifs is 7. The number of aromatic nitrogens is 2. The molecule has 6 aliphatic rings. The van der Waals surface area contributed by atoms with Crippen LogP contribution >= 0.6 is 0 Å². The van der Waals surface area contributed by atoms with Gasteiger partial charge in [-0.15, -0.1) is 0 Å². The average molecular weight is 826 g/mol. The number of carbonyl (C=O) groups is 3. The molecule has 330 valence electrons. The van der Waals surface area contributed by atoms with Crippen molar-refractivity contribution in [1.82, 2.24) is 14.9 Å². The van der Waals surface area contributed by atoms with Gasteiger partial charge in [0, 0.05) is 17.4 Å². The Hall–Kier alpha value is -3.36. The SMILES string of the molecule is COc1ccc(-c2cnc([C@@H]3CCCN3C(=O)[C@]34CC[C@@H](C(C)C)[C@@H]3[C@H]3CC[C@@H]5[C@@]6(C)CC[C@H](OC(=O)CC(C)(C)COC=O)C(C)(C)[C@@H]6CC[C@@]5(C)[C@]3(C)CC4)[nH]2)cc1. The normalized spacial score (nSPS) is 38.3. The zero-order valence-electron chi connectivity index (χ0n) is 38.5. The summed E-state index contributed by atoms with van der Waals surface area (Å²) in [4.78, 5) is 50.7. The molecule has 0 bridgehead atoms. The summed E-state index contributed by atoms with van der Waals surface area (Å²) < 4.78 is 16.8. The Balaban J connectivity index is 1.03. The van der Waals surface area contributed by atoms with Crippen molar-refractivity contribution in [2.75, 3.05) is 20.3 Å². The van der Waals surface area contributed by atoms with Gasteiger partial charge in [0.05, 0.1) is 43.5 Å². The van der Waals surface area contributed by atoms with Crippen molar-refractivity contribution in [3.8, 4) is 17.0 Å². The number of likely N-dealkylation sites (tertiary alicyclic amines) is 1. The van der Waals surface area contributed by atoms with Crippen molar-refractivity contribution in [3.63, 3.8) is 0 Å². The third-order valence-corrected chi connectivity index (χ3v) is 19.0. The molecular weight excluding hydrogens is 751 g/mol. The second-order valence-electron chi connectivity index (χ2n) is 23.0. The first-order valence-corrected chi connectivity index (χ1v) is 23.6. The maximum Gasteiger partial charge on any atom is 0.306 e. The standard InChI is InChI=1S/C51H75N3O6/c1-32(2)35-19-24-51(45(57)54-27-11-12-38(54)44-52-29-37(53-44)33-13-15-34(58-10)16-14-33)26-25-49(8)36(43(35)51)17-18-40-48(7)22-21-41(47(5,6)39(48)20-23-50(40,49)9)60-42(56)28-46(3,4)30-59-31-55/h13-16,29,31-32,35-36,38-41,43H,11-12,17-28,30H2,1-10H3,(H,52,53)/t35-,36+,38-,39-,40+,41-,43+,48-,49+,50+,51-/m0/s1. The van der Waals surface area contributed by atoms with Crippen molar-refractivity contribution in [2.24, 2.45) is 68.0 Å². The summed E-state index contributed by atoms with van der Waals surface area (Å²) in [6.07, 6.45) is 15.0. The molecule has 1 aromatic heterocycles. The van der Waals surface area contributed by atoms with Crippen molar-refractivity contribution >= 4 is 18.3 Å². The quantitative estimate of drug-likeness (QED) is 0.177. The van der Waals surface area contributed by atoms with Crippen LogP contribution in [-0.4, -0.2) is 59.6 Å². The fourth-order valence-corrected chi connectivity index (χ4v) is 15.9. The summed E-state index contributed by atoms with van der Waals surface area (Å²) in [7, 11) is 1.69. The zero-order valence-corrected chi connectivity index (χ0v) is 38.5. The molecule has 1 aliphatic heterocycles. The zero-order chi connectivity index (χ0) is 43.0. The van der Waals surface area contributed by atoms with E-state index in [0.29, 0.717) is 47.9 Å². The summed E-state index contributed by atoms with van der Waals surface area (Å²) in [6.45, 7) is 22.9. The number of ether oxygens (including phenoxy) is 3. The molecule has 2 aromatic rings. The predicted octanol–water partition coefficient (Wildman–Crippen LogP) is 11.0. The average Bonchev–Trinajstić information content (AvgIpc) is 3.98. The van der Waals surface area contributed by atoms with Crippen molar-refractivity contribution in [1.29, 1.82) is 0 Å². The number of imidazole rings is 1. The number of aromatic amines is 1. The lowest BCUT2D eigenvalue weighted by atomic mass is 9.32. The largest absolute Gasteiger partial charge is 0.497 e. The predicted molar refractivity (Wildman–Crippen MR) is 234 cm³/mol. The van der Waals surface area contributed by atoms with Crippen LogP contribution in [-0.2, 0) is 23.9 Å². The molecule has 8 rings (SSSR count). The van der Waals surface area contributed by atoms with Crippen LogP contribution in [0.25, 0.3) is 11.3 Å². The molecule has 0 radical (unpaired) electrons. The van der Waals surface area contributed by atoms with E-state index in [1.165, 1.54) is 19.3 Å². The minimum absolute atomic E-state index is 0.0184. The molecule has 0 spiro atoms. The molecule has 1 N–H and O–H groups in total. The number of benzene rings is 1. The first-order chi connectivity index (χ1) is 28.3. The Bertz CT molecular complexity index is 1920. The van der Waals surface area contributed by atoms with Crippen molar-refractivity contribution in [3.05, 3.63) is 36.3 Å². The van der Waals surface area contributed by atoms with Crippen LogP contribution < -0.4 is 4.74 Å². The van der Waals surface area contributed by atoms with Gasteiger partial charge in [-0.1, -0.05) is 62.3 Å². The van der Waals surface area contributed by atoms with E-state index in [2.05, 4.69) is 70.5 Å². The molecule has 11 atom stereocenters. The molecule has 0 unspecified atom stereocenters. The number of nitrogens with one attached hydrogen (secondary N) is 1. The number of hydrogen-bond donors (Lipinski definition) is 1. The number of hydrogen-bond acceptors (Lipinski definition) is 7. The number of H-pyrrole nitrogens is 1. The van der Waals surface area contributed by atoms with Crippen molar-refractivity contribution in [2.45, 2.75) is 158 Å². The molecule has 1 aromatic carbocycles. The topological polar surface area (TPSA) is 111 Å². The highest BCUT2D eigenvalue weighted by Gasteiger charge is 2.72. The highest BCUT2D eigenvalue weighted by atomic mass is 16.5. The van der Waals surface area contributed by atoms with Crippen LogP contribution in [0.2, 0.25) is 0 Å². The fourth-order valence-electron chi connectivity index (χ4n) is 15.9. The lowest BCUT2D eigenvalue weighted by Crippen LogP contribution is -2.67. The Labute approximate surface area is 360 Å². The lowest BCUT2D eigenvalue weighted by molar-refractivity contribution is -0.251. The molecule has 60 heavy (non-hydrogen) atoms. The third kappa shape index (κ3) is 6.75. The van der Waals surface area contributed by atoms with E-state index in [9.17, 15) is 9.59 Å². The monoisotopic (exact) mass is 826 g/mol. The number of rotatable bonds is 11. The summed E-state index contributed by atoms with van der Waals surface area (Å²) in [6, 6.07) is 8.06. The smallest absolute Gasteiger partial charge is 0.306 e. The van der Waals surface area contributed by atoms with Gasteiger partial charge in [-0.2, -0.15) is 0 Å². The van der Waals surface area contributed by atoms with Crippen LogP contribution in [0.4, 0.5) is 0 Å². The van der Waals surface area contributed by atoms with Crippen LogP contribution in [0.15, 0.2) is 30.5 Å². The number of amides is 1. The Morgan fingerprint density at radius 2 is 1.67 bits per heavy atom. The Morgan fingerprint density at radius 3 is 2.37 bits per heavy atom. The Kier molecular flexibility index (Phi) is 11.2. The van der Waals surface area contributed by atoms with E-state index >= 15 is 4.79 Å². The van der Waals surface area contributed by atoms with Gasteiger partial charge in [0.25, 0.3) is 6.47 Å². The minimum Gasteiger partial charge on any atom is -0.497 e. The van der Waals surface area contributed by atoms with Gasteiger partial charge in [-0.25, -0.2) is 4.98 Å². The van der Waals surface area contributed by atoms with Crippen molar-refractivity contribution < 1.29 is 28.6 Å². The molecule has 6 fully saturated rings. The number of nitrogens with zero attached hydrogens (tertiary/aromatic N) is 2. The van der Waals surface area contributed by atoms with E-state index < -0.39 is 5.41 Å². The third-order valence-electron chi connectivity index (χ3n) is 19.0. The van der Waals surface area contributed by atoms with Gasteiger partial charge >= 0.3 is 5.97 Å². The Morgan fingerprint density at radius 1 is 0.917 bits per heavy atom. The summed E-state index contributed by atoms with van der Waals surface area (Å²) >= 11 is 0. The van der Waals surface area contributed by atoms with E-state index in [-0.39, 0.29) is 58.2 Å². The van der Waals surface area contributed by atoms with Gasteiger partial charge < -0.3 is 24.1 Å². The summed E-state index contributed by atoms with van der Waals surface area (Å²) in [5, 5.41) is 0. The van der Waals surface area contributed by atoms with Gasteiger partial charge in [-0.3, -0.25) is 14.4 Å². The second-order valence-corrected chi connectivity index (χ2v) is 23.0.